The monoisotopic (exact) mass is 448 g/mol. The average Bonchev–Trinajstić information content (AvgIpc) is 2.68. The molecule has 1 unspecified atom stereocenters. The quantitative estimate of drug-likeness (QED) is 0.575. The van der Waals surface area contributed by atoms with E-state index in [9.17, 15) is 4.79 Å². The zero-order chi connectivity index (χ0) is 21.1. The lowest BCUT2D eigenvalue weighted by atomic mass is 9.92. The van der Waals surface area contributed by atoms with Gasteiger partial charge in [-0.25, -0.2) is 0 Å². The maximum atomic E-state index is 12.5. The Labute approximate surface area is 186 Å². The van der Waals surface area contributed by atoms with Crippen molar-refractivity contribution in [2.24, 2.45) is 0 Å². The normalized spacial score (nSPS) is 16.7. The first-order valence-corrected chi connectivity index (χ1v) is 10.4. The van der Waals surface area contributed by atoms with Crippen LogP contribution < -0.4 is 10.1 Å². The maximum absolute atomic E-state index is 12.5. The summed E-state index contributed by atoms with van der Waals surface area (Å²) in [5, 5.41) is 4.89. The second-order valence-corrected chi connectivity index (χ2v) is 7.96. The van der Waals surface area contributed by atoms with Gasteiger partial charge in [0.1, 0.15) is 12.4 Å². The number of carbonyl (C=O) groups excluding carboxylic acids is 1. The lowest BCUT2D eigenvalue weighted by molar-refractivity contribution is -0.114. The maximum Gasteiger partial charge on any atom is 0.173 e. The van der Waals surface area contributed by atoms with Crippen LogP contribution in [-0.2, 0) is 11.4 Å². The lowest BCUT2D eigenvalue weighted by Crippen LogP contribution is -2.47. The molecule has 0 aliphatic carbocycles. The Morgan fingerprint density at radius 2 is 1.93 bits per heavy atom. The third-order valence-electron chi connectivity index (χ3n) is 4.90. The highest BCUT2D eigenvalue weighted by molar-refractivity contribution is 7.80. The van der Waals surface area contributed by atoms with E-state index in [1.54, 1.807) is 19.1 Å². The summed E-state index contributed by atoms with van der Waals surface area (Å²) in [6.07, 6.45) is 0. The SMILES string of the molecule is CCN1C(=S)NC(c2ccccc2OCc2ccc(Cl)c(Cl)c2)C(C(C)=O)=C1C. The van der Waals surface area contributed by atoms with Gasteiger partial charge < -0.3 is 15.0 Å². The van der Waals surface area contributed by atoms with Crippen LogP contribution in [0.1, 0.15) is 37.9 Å². The molecule has 3 rings (SSSR count). The molecule has 152 valence electrons. The third-order valence-corrected chi connectivity index (χ3v) is 5.98. The predicted octanol–water partition coefficient (Wildman–Crippen LogP) is 5.69. The van der Waals surface area contributed by atoms with Crippen molar-refractivity contribution in [1.82, 2.24) is 10.2 Å². The molecule has 29 heavy (non-hydrogen) atoms. The molecule has 1 N–H and O–H groups in total. The van der Waals surface area contributed by atoms with Crippen molar-refractivity contribution in [2.45, 2.75) is 33.4 Å². The van der Waals surface area contributed by atoms with Gasteiger partial charge in [-0.1, -0.05) is 47.5 Å². The molecule has 0 bridgehead atoms. The summed E-state index contributed by atoms with van der Waals surface area (Å²) < 4.78 is 6.09. The molecule has 7 heteroatoms. The molecular weight excluding hydrogens is 427 g/mol. The number of para-hydroxylation sites is 1. The molecule has 1 aliphatic heterocycles. The largest absolute Gasteiger partial charge is 0.489 e. The van der Waals surface area contributed by atoms with Gasteiger partial charge in [-0.15, -0.1) is 0 Å². The highest BCUT2D eigenvalue weighted by atomic mass is 35.5. The van der Waals surface area contributed by atoms with E-state index in [4.69, 9.17) is 40.2 Å². The van der Waals surface area contributed by atoms with E-state index in [-0.39, 0.29) is 11.8 Å². The summed E-state index contributed by atoms with van der Waals surface area (Å²) in [4.78, 5) is 14.4. The van der Waals surface area contributed by atoms with Crippen LogP contribution in [0.15, 0.2) is 53.7 Å². The number of hydrogen-bond donors (Lipinski definition) is 1. The van der Waals surface area contributed by atoms with Crippen LogP contribution in [0.5, 0.6) is 5.75 Å². The molecule has 0 amide bonds. The zero-order valence-electron chi connectivity index (χ0n) is 16.5. The first-order valence-electron chi connectivity index (χ1n) is 9.28. The molecule has 0 saturated carbocycles. The first-order chi connectivity index (χ1) is 13.8. The predicted molar refractivity (Wildman–Crippen MR) is 121 cm³/mol. The molecule has 0 fully saturated rings. The Hall–Kier alpha value is -2.08. The number of thiocarbonyl (C=S) groups is 1. The van der Waals surface area contributed by atoms with Crippen LogP contribution in [0.3, 0.4) is 0 Å². The number of hydrogen-bond acceptors (Lipinski definition) is 3. The molecule has 1 heterocycles. The van der Waals surface area contributed by atoms with Gasteiger partial charge in [-0.05, 0) is 56.8 Å². The van der Waals surface area contributed by atoms with Crippen molar-refractivity contribution in [2.75, 3.05) is 6.54 Å². The van der Waals surface area contributed by atoms with Crippen molar-refractivity contribution in [3.05, 3.63) is 74.9 Å². The number of ether oxygens (including phenoxy) is 1. The third kappa shape index (κ3) is 4.58. The Balaban J connectivity index is 1.95. The highest BCUT2D eigenvalue weighted by Crippen LogP contribution is 2.36. The van der Waals surface area contributed by atoms with E-state index in [2.05, 4.69) is 5.32 Å². The van der Waals surface area contributed by atoms with Crippen molar-refractivity contribution < 1.29 is 9.53 Å². The van der Waals surface area contributed by atoms with Gasteiger partial charge in [-0.3, -0.25) is 4.79 Å². The van der Waals surface area contributed by atoms with Crippen LogP contribution >= 0.6 is 35.4 Å². The van der Waals surface area contributed by atoms with E-state index in [0.717, 1.165) is 16.8 Å². The molecule has 0 spiro atoms. The summed E-state index contributed by atoms with van der Waals surface area (Å²) in [6, 6.07) is 12.7. The van der Waals surface area contributed by atoms with Crippen LogP contribution in [0, 0.1) is 0 Å². The van der Waals surface area contributed by atoms with E-state index in [1.807, 2.05) is 49.1 Å². The van der Waals surface area contributed by atoms with Crippen molar-refractivity contribution >= 4 is 46.3 Å². The van der Waals surface area contributed by atoms with Crippen LogP contribution in [0.2, 0.25) is 10.0 Å². The van der Waals surface area contributed by atoms with Gasteiger partial charge in [0.25, 0.3) is 0 Å². The van der Waals surface area contributed by atoms with Gasteiger partial charge in [0.15, 0.2) is 10.9 Å². The minimum atomic E-state index is -0.368. The highest BCUT2D eigenvalue weighted by Gasteiger charge is 2.33. The number of rotatable bonds is 6. The topological polar surface area (TPSA) is 41.6 Å². The molecule has 2 aromatic rings. The van der Waals surface area contributed by atoms with E-state index < -0.39 is 0 Å². The Morgan fingerprint density at radius 3 is 2.59 bits per heavy atom. The van der Waals surface area contributed by atoms with Gasteiger partial charge in [0.05, 0.1) is 16.1 Å². The van der Waals surface area contributed by atoms with Gasteiger partial charge in [0.2, 0.25) is 0 Å². The second-order valence-electron chi connectivity index (χ2n) is 6.76. The Morgan fingerprint density at radius 1 is 1.21 bits per heavy atom. The fourth-order valence-corrected chi connectivity index (χ4v) is 4.20. The average molecular weight is 449 g/mol. The van der Waals surface area contributed by atoms with Crippen molar-refractivity contribution in [3.63, 3.8) is 0 Å². The Bertz CT molecular complexity index is 991. The number of Topliss-reactive ketones (excluding diaryl/α,β-unsaturated/α-hetero) is 1. The summed E-state index contributed by atoms with van der Waals surface area (Å²) in [5.41, 5.74) is 3.31. The summed E-state index contributed by atoms with van der Waals surface area (Å²) >= 11 is 17.6. The summed E-state index contributed by atoms with van der Waals surface area (Å²) in [7, 11) is 0. The second kappa shape index (κ2) is 9.16. The van der Waals surface area contributed by atoms with Gasteiger partial charge >= 0.3 is 0 Å². The van der Waals surface area contributed by atoms with Crippen LogP contribution in [-0.4, -0.2) is 22.3 Å². The molecule has 4 nitrogen and oxygen atoms in total. The molecule has 0 aromatic heterocycles. The molecule has 0 radical (unpaired) electrons. The first kappa shape index (κ1) is 21.6. The number of halogens is 2. The standard InChI is InChI=1S/C22H22Cl2N2O2S/c1-4-26-13(2)20(14(3)27)21(25-22(26)29)16-7-5-6-8-19(16)28-12-15-9-10-17(23)18(24)11-15/h5-11,21H,4,12H2,1-3H3,(H,25,29). The van der Waals surface area contributed by atoms with Crippen molar-refractivity contribution in [3.8, 4) is 5.75 Å². The molecule has 0 saturated heterocycles. The fourth-order valence-electron chi connectivity index (χ4n) is 3.49. The minimum Gasteiger partial charge on any atom is -0.489 e. The number of nitrogens with one attached hydrogen (secondary N) is 1. The number of allylic oxidation sites excluding steroid dienone is 1. The minimum absolute atomic E-state index is 0.000219. The Kier molecular flexibility index (Phi) is 6.83. The number of benzene rings is 2. The lowest BCUT2D eigenvalue weighted by Gasteiger charge is -2.37. The van der Waals surface area contributed by atoms with E-state index in [1.165, 1.54) is 0 Å². The summed E-state index contributed by atoms with van der Waals surface area (Å²) in [6.45, 7) is 6.53. The molecule has 1 aliphatic rings. The van der Waals surface area contributed by atoms with Gasteiger partial charge in [-0.2, -0.15) is 0 Å². The zero-order valence-corrected chi connectivity index (χ0v) is 18.8. The fraction of sp³-hybridized carbons (Fsp3) is 0.273. The molecule has 1 atom stereocenters. The molecular formula is C22H22Cl2N2O2S. The van der Waals surface area contributed by atoms with Crippen molar-refractivity contribution in [1.29, 1.82) is 0 Å². The van der Waals surface area contributed by atoms with Crippen LogP contribution in [0.25, 0.3) is 0 Å². The van der Waals surface area contributed by atoms with Gasteiger partial charge in [0, 0.05) is 23.4 Å². The number of ketones is 1. The summed E-state index contributed by atoms with van der Waals surface area (Å²) in [5.74, 6) is 0.676. The van der Waals surface area contributed by atoms with E-state index >= 15 is 0 Å². The molecule has 2 aromatic carbocycles. The smallest absolute Gasteiger partial charge is 0.173 e. The number of carbonyl (C=O) groups is 1. The number of nitrogens with zero attached hydrogens (tertiary/aromatic N) is 1. The van der Waals surface area contributed by atoms with Crippen LogP contribution in [0.4, 0.5) is 0 Å². The van der Waals surface area contributed by atoms with E-state index in [0.29, 0.717) is 39.6 Å².